The minimum Gasteiger partial charge on any atom is -0.371 e. The SMILES string of the molecule is O=C1NC2(O)CCCC1C2. The number of aliphatic hydroxyl groups is 1. The first kappa shape index (κ1) is 6.16. The van der Waals surface area contributed by atoms with Gasteiger partial charge in [0.2, 0.25) is 5.91 Å². The predicted octanol–water partition coefficient (Wildman–Crippen LogP) is -0.00500. The van der Waals surface area contributed by atoms with Crippen LogP contribution in [0.5, 0.6) is 0 Å². The van der Waals surface area contributed by atoms with E-state index >= 15 is 0 Å². The monoisotopic (exact) mass is 141 g/mol. The van der Waals surface area contributed by atoms with Crippen molar-refractivity contribution in [1.82, 2.24) is 5.32 Å². The van der Waals surface area contributed by atoms with Crippen molar-refractivity contribution in [3.63, 3.8) is 0 Å². The molecule has 2 rings (SSSR count). The second kappa shape index (κ2) is 1.72. The molecule has 3 nitrogen and oxygen atoms in total. The number of carbonyl (C=O) groups is 1. The molecule has 1 aliphatic carbocycles. The van der Waals surface area contributed by atoms with Crippen molar-refractivity contribution in [2.45, 2.75) is 31.4 Å². The maximum absolute atomic E-state index is 11.0. The second-order valence-corrected chi connectivity index (χ2v) is 3.31. The minimum absolute atomic E-state index is 0.0417. The number of hydrogen-bond acceptors (Lipinski definition) is 2. The van der Waals surface area contributed by atoms with Crippen molar-refractivity contribution in [1.29, 1.82) is 0 Å². The molecular formula is C7H11NO2. The van der Waals surface area contributed by atoms with Gasteiger partial charge >= 0.3 is 0 Å². The van der Waals surface area contributed by atoms with Crippen molar-refractivity contribution in [3.8, 4) is 0 Å². The van der Waals surface area contributed by atoms with E-state index in [0.29, 0.717) is 6.42 Å². The third-order valence-corrected chi connectivity index (χ3v) is 2.45. The fourth-order valence-corrected chi connectivity index (χ4v) is 1.92. The fourth-order valence-electron chi connectivity index (χ4n) is 1.92. The number of hydrogen-bond donors (Lipinski definition) is 2. The summed E-state index contributed by atoms with van der Waals surface area (Å²) in [6, 6.07) is 0. The van der Waals surface area contributed by atoms with Gasteiger partial charge in [0, 0.05) is 12.3 Å². The van der Waals surface area contributed by atoms with E-state index in [4.69, 9.17) is 0 Å². The molecule has 1 saturated heterocycles. The molecule has 0 aromatic rings. The summed E-state index contributed by atoms with van der Waals surface area (Å²) >= 11 is 0. The van der Waals surface area contributed by atoms with Gasteiger partial charge < -0.3 is 10.4 Å². The van der Waals surface area contributed by atoms with Gasteiger partial charge in [0.1, 0.15) is 5.72 Å². The van der Waals surface area contributed by atoms with E-state index in [1.54, 1.807) is 0 Å². The van der Waals surface area contributed by atoms with Crippen LogP contribution < -0.4 is 5.32 Å². The molecule has 1 heterocycles. The first-order chi connectivity index (χ1) is 4.70. The lowest BCUT2D eigenvalue weighted by Crippen LogP contribution is -2.40. The maximum Gasteiger partial charge on any atom is 0.225 e. The molecule has 0 aromatic carbocycles. The van der Waals surface area contributed by atoms with Crippen LogP contribution in [0.2, 0.25) is 0 Å². The van der Waals surface area contributed by atoms with Crippen LogP contribution in [0.15, 0.2) is 0 Å². The summed E-state index contributed by atoms with van der Waals surface area (Å²) in [6.07, 6.45) is 3.29. The minimum atomic E-state index is -0.833. The molecule has 2 atom stereocenters. The standard InChI is InChI=1S/C7H11NO2/c9-6-5-2-1-3-7(10,4-5)8-6/h5,10H,1-4H2,(H,8,9). The number of fused-ring (bicyclic) bond motifs is 2. The van der Waals surface area contributed by atoms with E-state index in [1.165, 1.54) is 0 Å². The summed E-state index contributed by atoms with van der Waals surface area (Å²) in [5.74, 6) is 0.138. The molecule has 1 aliphatic heterocycles. The van der Waals surface area contributed by atoms with Crippen LogP contribution in [0.25, 0.3) is 0 Å². The lowest BCUT2D eigenvalue weighted by molar-refractivity contribution is -0.123. The maximum atomic E-state index is 11.0. The lowest BCUT2D eigenvalue weighted by Gasteiger charge is -2.25. The van der Waals surface area contributed by atoms with E-state index in [-0.39, 0.29) is 11.8 Å². The molecule has 1 saturated carbocycles. The molecule has 2 aliphatic rings. The van der Waals surface area contributed by atoms with Crippen LogP contribution in [0.1, 0.15) is 25.7 Å². The Labute approximate surface area is 59.4 Å². The predicted molar refractivity (Wildman–Crippen MR) is 35.1 cm³/mol. The van der Waals surface area contributed by atoms with Crippen LogP contribution in [-0.2, 0) is 4.79 Å². The second-order valence-electron chi connectivity index (χ2n) is 3.31. The van der Waals surface area contributed by atoms with Crippen molar-refractivity contribution < 1.29 is 9.90 Å². The van der Waals surface area contributed by atoms with Gasteiger partial charge in [-0.3, -0.25) is 4.79 Å². The van der Waals surface area contributed by atoms with Gasteiger partial charge in [0.05, 0.1) is 0 Å². The molecule has 2 N–H and O–H groups in total. The van der Waals surface area contributed by atoms with Crippen LogP contribution in [0.3, 0.4) is 0 Å². The summed E-state index contributed by atoms with van der Waals surface area (Å²) < 4.78 is 0. The average molecular weight is 141 g/mol. The molecule has 2 unspecified atom stereocenters. The third-order valence-electron chi connectivity index (χ3n) is 2.45. The average Bonchev–Trinajstić information content (AvgIpc) is 2.03. The molecule has 0 spiro atoms. The Morgan fingerprint density at radius 3 is 3.10 bits per heavy atom. The summed E-state index contributed by atoms with van der Waals surface area (Å²) in [5.41, 5.74) is -0.833. The van der Waals surface area contributed by atoms with Gasteiger partial charge in [-0.15, -0.1) is 0 Å². The first-order valence-corrected chi connectivity index (χ1v) is 3.74. The molecule has 10 heavy (non-hydrogen) atoms. The van der Waals surface area contributed by atoms with Gasteiger partial charge in [0.25, 0.3) is 0 Å². The largest absolute Gasteiger partial charge is 0.371 e. The van der Waals surface area contributed by atoms with Crippen molar-refractivity contribution in [2.75, 3.05) is 0 Å². The Morgan fingerprint density at radius 2 is 2.50 bits per heavy atom. The van der Waals surface area contributed by atoms with E-state index in [9.17, 15) is 9.90 Å². The highest BCUT2D eigenvalue weighted by atomic mass is 16.3. The third kappa shape index (κ3) is 0.736. The molecular weight excluding hydrogens is 130 g/mol. The molecule has 0 aromatic heterocycles. The molecule has 0 radical (unpaired) electrons. The number of carbonyl (C=O) groups excluding carboxylic acids is 1. The Hall–Kier alpha value is -0.570. The van der Waals surface area contributed by atoms with E-state index in [0.717, 1.165) is 19.3 Å². The summed E-state index contributed by atoms with van der Waals surface area (Å²) in [5, 5.41) is 12.2. The Morgan fingerprint density at radius 1 is 1.70 bits per heavy atom. The lowest BCUT2D eigenvalue weighted by atomic mass is 9.88. The number of rotatable bonds is 0. The molecule has 1 amide bonds. The molecule has 2 bridgehead atoms. The zero-order valence-corrected chi connectivity index (χ0v) is 5.76. The molecule has 3 heteroatoms. The van der Waals surface area contributed by atoms with Crippen LogP contribution in [0.4, 0.5) is 0 Å². The van der Waals surface area contributed by atoms with Crippen molar-refractivity contribution in [2.24, 2.45) is 5.92 Å². The normalized spacial score (nSPS) is 45.3. The smallest absolute Gasteiger partial charge is 0.225 e. The first-order valence-electron chi connectivity index (χ1n) is 3.74. The molecule has 56 valence electrons. The fraction of sp³-hybridized carbons (Fsp3) is 0.857. The Balaban J connectivity index is 2.23. The number of amides is 1. The van der Waals surface area contributed by atoms with Crippen molar-refractivity contribution in [3.05, 3.63) is 0 Å². The van der Waals surface area contributed by atoms with E-state index < -0.39 is 5.72 Å². The van der Waals surface area contributed by atoms with Gasteiger partial charge in [-0.2, -0.15) is 0 Å². The van der Waals surface area contributed by atoms with Crippen LogP contribution >= 0.6 is 0 Å². The van der Waals surface area contributed by atoms with Crippen molar-refractivity contribution >= 4 is 5.91 Å². The summed E-state index contributed by atoms with van der Waals surface area (Å²) in [7, 11) is 0. The zero-order chi connectivity index (χ0) is 7.19. The van der Waals surface area contributed by atoms with Crippen LogP contribution in [-0.4, -0.2) is 16.7 Å². The topological polar surface area (TPSA) is 49.3 Å². The zero-order valence-electron chi connectivity index (χ0n) is 5.76. The summed E-state index contributed by atoms with van der Waals surface area (Å²) in [6.45, 7) is 0. The van der Waals surface area contributed by atoms with Crippen LogP contribution in [0, 0.1) is 5.92 Å². The highest BCUT2D eigenvalue weighted by Crippen LogP contribution is 2.35. The van der Waals surface area contributed by atoms with Gasteiger partial charge in [-0.25, -0.2) is 0 Å². The van der Waals surface area contributed by atoms with Gasteiger partial charge in [-0.05, 0) is 19.3 Å². The number of nitrogens with one attached hydrogen (secondary N) is 1. The molecule has 2 fully saturated rings. The summed E-state index contributed by atoms with van der Waals surface area (Å²) in [4.78, 5) is 11.0. The van der Waals surface area contributed by atoms with E-state index in [1.807, 2.05) is 0 Å². The Kier molecular flexibility index (Phi) is 1.06. The highest BCUT2D eigenvalue weighted by Gasteiger charge is 2.45. The Bertz CT molecular complexity index is 180. The van der Waals surface area contributed by atoms with E-state index in [2.05, 4.69) is 5.32 Å². The quantitative estimate of drug-likeness (QED) is 0.498. The highest BCUT2D eigenvalue weighted by molar-refractivity contribution is 5.82. The van der Waals surface area contributed by atoms with Gasteiger partial charge in [-0.1, -0.05) is 0 Å². The van der Waals surface area contributed by atoms with Gasteiger partial charge in [0.15, 0.2) is 0 Å².